The van der Waals surface area contributed by atoms with E-state index in [1.807, 2.05) is 0 Å². The lowest BCUT2D eigenvalue weighted by molar-refractivity contribution is -0.128. The highest BCUT2D eigenvalue weighted by atomic mass is 16.2. The summed E-state index contributed by atoms with van der Waals surface area (Å²) >= 11 is 0. The first-order valence-corrected chi connectivity index (χ1v) is 5.66. The van der Waals surface area contributed by atoms with Gasteiger partial charge in [0, 0.05) is 27.1 Å². The standard InChI is InChI=1S/C12H26N2O/c1-10(12(2,3)4)9-13-8-7-11(15)14(5)6/h10,13H,7-9H2,1-6H3. The van der Waals surface area contributed by atoms with Crippen molar-refractivity contribution in [2.45, 2.75) is 34.1 Å². The quantitative estimate of drug-likeness (QED) is 0.707. The molecule has 1 amide bonds. The maximum absolute atomic E-state index is 11.3. The van der Waals surface area contributed by atoms with Crippen molar-refractivity contribution in [3.05, 3.63) is 0 Å². The number of carbonyl (C=O) groups is 1. The van der Waals surface area contributed by atoms with Crippen molar-refractivity contribution < 1.29 is 4.79 Å². The summed E-state index contributed by atoms with van der Waals surface area (Å²) in [6.07, 6.45) is 0.587. The van der Waals surface area contributed by atoms with Crippen LogP contribution in [0.1, 0.15) is 34.1 Å². The summed E-state index contributed by atoms with van der Waals surface area (Å²) in [7, 11) is 3.58. The van der Waals surface area contributed by atoms with Crippen molar-refractivity contribution in [3.8, 4) is 0 Å². The highest BCUT2D eigenvalue weighted by Gasteiger charge is 2.19. The van der Waals surface area contributed by atoms with Crippen molar-refractivity contribution in [2.24, 2.45) is 11.3 Å². The van der Waals surface area contributed by atoms with Gasteiger partial charge in [-0.3, -0.25) is 4.79 Å². The number of amides is 1. The third-order valence-electron chi connectivity index (χ3n) is 2.94. The first kappa shape index (κ1) is 14.4. The summed E-state index contributed by atoms with van der Waals surface area (Å²) in [5.74, 6) is 0.804. The topological polar surface area (TPSA) is 32.3 Å². The molecule has 1 atom stereocenters. The van der Waals surface area contributed by atoms with E-state index < -0.39 is 0 Å². The maximum atomic E-state index is 11.3. The third kappa shape index (κ3) is 6.50. The fraction of sp³-hybridized carbons (Fsp3) is 0.917. The molecule has 0 aliphatic rings. The molecule has 0 aromatic rings. The van der Waals surface area contributed by atoms with Crippen LogP contribution < -0.4 is 5.32 Å². The first-order valence-electron chi connectivity index (χ1n) is 5.66. The molecule has 15 heavy (non-hydrogen) atoms. The Morgan fingerprint density at radius 2 is 1.87 bits per heavy atom. The van der Waals surface area contributed by atoms with Gasteiger partial charge in [0.1, 0.15) is 0 Å². The van der Waals surface area contributed by atoms with Crippen molar-refractivity contribution in [2.75, 3.05) is 27.2 Å². The van der Waals surface area contributed by atoms with Gasteiger partial charge in [-0.05, 0) is 17.9 Å². The van der Waals surface area contributed by atoms with E-state index >= 15 is 0 Å². The van der Waals surface area contributed by atoms with E-state index in [0.717, 1.165) is 13.1 Å². The number of hydrogen-bond donors (Lipinski definition) is 1. The number of hydrogen-bond acceptors (Lipinski definition) is 2. The molecule has 0 aromatic heterocycles. The van der Waals surface area contributed by atoms with Gasteiger partial charge >= 0.3 is 0 Å². The highest BCUT2D eigenvalue weighted by Crippen LogP contribution is 2.24. The van der Waals surface area contributed by atoms with Crippen LogP contribution in [0.4, 0.5) is 0 Å². The maximum Gasteiger partial charge on any atom is 0.223 e. The van der Waals surface area contributed by atoms with Crippen molar-refractivity contribution >= 4 is 5.91 Å². The van der Waals surface area contributed by atoms with Crippen LogP contribution in [0.5, 0.6) is 0 Å². The average molecular weight is 214 g/mol. The molecule has 0 fully saturated rings. The average Bonchev–Trinajstić information content (AvgIpc) is 2.09. The molecule has 0 saturated carbocycles. The van der Waals surface area contributed by atoms with E-state index in [9.17, 15) is 4.79 Å². The van der Waals surface area contributed by atoms with Gasteiger partial charge in [-0.1, -0.05) is 27.7 Å². The molecular formula is C12H26N2O. The molecule has 1 unspecified atom stereocenters. The second kappa shape index (κ2) is 6.11. The van der Waals surface area contributed by atoms with E-state index in [1.165, 1.54) is 0 Å². The fourth-order valence-electron chi connectivity index (χ4n) is 1.04. The van der Waals surface area contributed by atoms with E-state index in [0.29, 0.717) is 17.8 Å². The normalized spacial score (nSPS) is 13.7. The van der Waals surface area contributed by atoms with Gasteiger partial charge in [0.25, 0.3) is 0 Å². The Morgan fingerprint density at radius 3 is 2.27 bits per heavy atom. The van der Waals surface area contributed by atoms with Gasteiger partial charge in [0.05, 0.1) is 0 Å². The van der Waals surface area contributed by atoms with Crippen LogP contribution in [0.3, 0.4) is 0 Å². The molecule has 90 valence electrons. The van der Waals surface area contributed by atoms with Gasteiger partial charge in [-0.2, -0.15) is 0 Å². The van der Waals surface area contributed by atoms with E-state index in [4.69, 9.17) is 0 Å². The van der Waals surface area contributed by atoms with Gasteiger partial charge in [0.15, 0.2) is 0 Å². The minimum absolute atomic E-state index is 0.186. The molecule has 0 heterocycles. The summed E-state index contributed by atoms with van der Waals surface area (Å²) in [4.78, 5) is 12.9. The minimum atomic E-state index is 0.186. The smallest absolute Gasteiger partial charge is 0.223 e. The monoisotopic (exact) mass is 214 g/mol. The van der Waals surface area contributed by atoms with Crippen LogP contribution in [0.2, 0.25) is 0 Å². The fourth-order valence-corrected chi connectivity index (χ4v) is 1.04. The van der Waals surface area contributed by atoms with Crippen molar-refractivity contribution in [3.63, 3.8) is 0 Å². The van der Waals surface area contributed by atoms with E-state index in [1.54, 1.807) is 19.0 Å². The largest absolute Gasteiger partial charge is 0.349 e. The van der Waals surface area contributed by atoms with Crippen molar-refractivity contribution in [1.82, 2.24) is 10.2 Å². The molecule has 0 saturated heterocycles. The molecule has 0 bridgehead atoms. The Labute approximate surface area is 94.2 Å². The van der Waals surface area contributed by atoms with Crippen LogP contribution in [0.15, 0.2) is 0 Å². The van der Waals surface area contributed by atoms with E-state index in [2.05, 4.69) is 33.0 Å². The molecule has 0 rings (SSSR count). The highest BCUT2D eigenvalue weighted by molar-refractivity contribution is 5.75. The number of rotatable bonds is 5. The van der Waals surface area contributed by atoms with Gasteiger partial charge in [0.2, 0.25) is 5.91 Å². The Hall–Kier alpha value is -0.570. The summed E-state index contributed by atoms with van der Waals surface area (Å²) in [6, 6.07) is 0. The lowest BCUT2D eigenvalue weighted by atomic mass is 9.82. The Balaban J connectivity index is 3.60. The van der Waals surface area contributed by atoms with Crippen LogP contribution in [-0.2, 0) is 4.79 Å². The van der Waals surface area contributed by atoms with Crippen LogP contribution in [0, 0.1) is 11.3 Å². The van der Waals surface area contributed by atoms with Crippen LogP contribution in [-0.4, -0.2) is 38.0 Å². The van der Waals surface area contributed by atoms with Gasteiger partial charge in [-0.25, -0.2) is 0 Å². The van der Waals surface area contributed by atoms with E-state index in [-0.39, 0.29) is 5.91 Å². The molecule has 0 aliphatic carbocycles. The summed E-state index contributed by atoms with van der Waals surface area (Å²) in [5.41, 5.74) is 0.332. The molecule has 3 nitrogen and oxygen atoms in total. The van der Waals surface area contributed by atoms with Gasteiger partial charge < -0.3 is 10.2 Å². The summed E-state index contributed by atoms with van der Waals surface area (Å²) in [5, 5.41) is 3.33. The number of nitrogens with zero attached hydrogens (tertiary/aromatic N) is 1. The lowest BCUT2D eigenvalue weighted by Gasteiger charge is -2.27. The predicted octanol–water partition coefficient (Wildman–Crippen LogP) is 1.74. The lowest BCUT2D eigenvalue weighted by Crippen LogP contribution is -2.32. The third-order valence-corrected chi connectivity index (χ3v) is 2.94. The molecule has 3 heteroatoms. The number of nitrogens with one attached hydrogen (secondary N) is 1. The zero-order valence-electron chi connectivity index (χ0n) is 11.1. The Bertz CT molecular complexity index is 194. The molecule has 0 radical (unpaired) electrons. The SMILES string of the molecule is CC(CNCCC(=O)N(C)C)C(C)(C)C. The molecule has 0 aliphatic heterocycles. The molecule has 1 N–H and O–H groups in total. The molecule has 0 spiro atoms. The van der Waals surface area contributed by atoms with Crippen molar-refractivity contribution in [1.29, 1.82) is 0 Å². The Morgan fingerprint density at radius 1 is 1.33 bits per heavy atom. The zero-order valence-corrected chi connectivity index (χ0v) is 11.1. The zero-order chi connectivity index (χ0) is 12.1. The van der Waals surface area contributed by atoms with Crippen LogP contribution in [0.25, 0.3) is 0 Å². The van der Waals surface area contributed by atoms with Gasteiger partial charge in [-0.15, -0.1) is 0 Å². The Kier molecular flexibility index (Phi) is 5.88. The molecular weight excluding hydrogens is 188 g/mol. The molecule has 0 aromatic carbocycles. The summed E-state index contributed by atoms with van der Waals surface area (Å²) < 4.78 is 0. The predicted molar refractivity (Wildman–Crippen MR) is 64.8 cm³/mol. The van der Waals surface area contributed by atoms with Crippen LogP contribution >= 0.6 is 0 Å². The number of carbonyl (C=O) groups excluding carboxylic acids is 1. The summed E-state index contributed by atoms with van der Waals surface area (Å²) in [6.45, 7) is 10.7. The second-order valence-electron chi connectivity index (χ2n) is 5.51. The first-order chi connectivity index (χ1) is 6.75. The minimum Gasteiger partial charge on any atom is -0.349 e. The second-order valence-corrected chi connectivity index (χ2v) is 5.51.